The van der Waals surface area contributed by atoms with Crippen molar-refractivity contribution in [3.05, 3.63) is 65.2 Å². The lowest BCUT2D eigenvalue weighted by molar-refractivity contribution is -0.122. The highest BCUT2D eigenvalue weighted by Gasteiger charge is 2.17. The van der Waals surface area contributed by atoms with Crippen LogP contribution in [0.15, 0.2) is 48.5 Å². The van der Waals surface area contributed by atoms with Gasteiger partial charge in [0.25, 0.3) is 5.91 Å². The summed E-state index contributed by atoms with van der Waals surface area (Å²) in [5, 5.41) is 3.00. The number of aryl methyl sites for hydroxylation is 1. The molecule has 1 fully saturated rings. The molecule has 0 aromatic heterocycles. The molecule has 1 saturated heterocycles. The molecular formula is C26H35N3O4. The normalized spacial score (nSPS) is 14.1. The summed E-state index contributed by atoms with van der Waals surface area (Å²) in [6.07, 6.45) is 1.25. The molecule has 2 aromatic rings. The van der Waals surface area contributed by atoms with Crippen molar-refractivity contribution in [2.45, 2.75) is 26.3 Å². The van der Waals surface area contributed by atoms with E-state index in [2.05, 4.69) is 16.3 Å². The molecule has 1 aliphatic heterocycles. The van der Waals surface area contributed by atoms with Gasteiger partial charge >= 0.3 is 0 Å². The number of carbonyl (C=O) groups is 2. The fraction of sp³-hybridized carbons (Fsp3) is 0.462. The Morgan fingerprint density at radius 1 is 1.09 bits per heavy atom. The van der Waals surface area contributed by atoms with E-state index in [1.54, 1.807) is 4.90 Å². The molecule has 2 aromatic carbocycles. The minimum absolute atomic E-state index is 0.0109. The van der Waals surface area contributed by atoms with Crippen LogP contribution in [0, 0.1) is 6.92 Å². The molecule has 7 heteroatoms. The zero-order valence-electron chi connectivity index (χ0n) is 19.7. The van der Waals surface area contributed by atoms with E-state index < -0.39 is 0 Å². The molecule has 33 heavy (non-hydrogen) atoms. The number of carbonyl (C=O) groups excluding carboxylic acids is 2. The number of hydrogen-bond donors (Lipinski definition) is 1. The smallest absolute Gasteiger partial charge is 0.253 e. The van der Waals surface area contributed by atoms with Crippen molar-refractivity contribution in [3.63, 3.8) is 0 Å². The summed E-state index contributed by atoms with van der Waals surface area (Å²) in [7, 11) is 1.52. The maximum absolute atomic E-state index is 12.7. The van der Waals surface area contributed by atoms with Gasteiger partial charge in [-0.05, 0) is 43.1 Å². The van der Waals surface area contributed by atoms with Crippen LogP contribution >= 0.6 is 0 Å². The van der Waals surface area contributed by atoms with Gasteiger partial charge in [0.05, 0.1) is 26.2 Å². The first-order valence-electron chi connectivity index (χ1n) is 11.6. The molecule has 0 spiro atoms. The van der Waals surface area contributed by atoms with Gasteiger partial charge in [-0.15, -0.1) is 0 Å². The van der Waals surface area contributed by atoms with Crippen LogP contribution in [0.4, 0.5) is 5.69 Å². The van der Waals surface area contributed by atoms with Crippen LogP contribution in [0.5, 0.6) is 0 Å². The first-order valence-corrected chi connectivity index (χ1v) is 11.6. The van der Waals surface area contributed by atoms with Gasteiger partial charge in [0.1, 0.15) is 6.61 Å². The Bertz CT molecular complexity index is 895. The van der Waals surface area contributed by atoms with E-state index in [4.69, 9.17) is 9.47 Å². The van der Waals surface area contributed by atoms with Crippen molar-refractivity contribution >= 4 is 17.5 Å². The van der Waals surface area contributed by atoms with E-state index in [-0.39, 0.29) is 18.4 Å². The van der Waals surface area contributed by atoms with Crippen molar-refractivity contribution < 1.29 is 19.1 Å². The average Bonchev–Trinajstić information content (AvgIpc) is 2.82. The van der Waals surface area contributed by atoms with Crippen LogP contribution in [-0.2, 0) is 32.0 Å². The van der Waals surface area contributed by atoms with Crippen LogP contribution in [0.3, 0.4) is 0 Å². The molecule has 7 nitrogen and oxygen atoms in total. The number of nitrogens with one attached hydrogen (secondary N) is 1. The number of rotatable bonds is 11. The third-order valence-electron chi connectivity index (χ3n) is 5.68. The van der Waals surface area contributed by atoms with Crippen LogP contribution in [0.25, 0.3) is 0 Å². The molecular weight excluding hydrogens is 418 g/mol. The van der Waals surface area contributed by atoms with Gasteiger partial charge in [0.15, 0.2) is 0 Å². The Morgan fingerprint density at radius 2 is 1.85 bits per heavy atom. The first kappa shape index (κ1) is 24.9. The molecule has 1 aliphatic rings. The number of anilines is 1. The molecule has 0 bridgehead atoms. The fourth-order valence-corrected chi connectivity index (χ4v) is 3.91. The number of methoxy groups -OCH3 is 1. The average molecular weight is 454 g/mol. The van der Waals surface area contributed by atoms with E-state index >= 15 is 0 Å². The zero-order valence-corrected chi connectivity index (χ0v) is 19.7. The lowest BCUT2D eigenvalue weighted by Crippen LogP contribution is -2.38. The third-order valence-corrected chi connectivity index (χ3v) is 5.68. The van der Waals surface area contributed by atoms with Crippen LogP contribution in [0.1, 0.15) is 23.1 Å². The molecule has 0 saturated carbocycles. The van der Waals surface area contributed by atoms with Crippen LogP contribution in [0.2, 0.25) is 0 Å². The maximum Gasteiger partial charge on any atom is 0.253 e. The van der Waals surface area contributed by atoms with Gasteiger partial charge < -0.3 is 19.7 Å². The lowest BCUT2D eigenvalue weighted by Gasteiger charge is -2.26. The highest BCUT2D eigenvalue weighted by atomic mass is 16.5. The molecule has 0 aliphatic carbocycles. The van der Waals surface area contributed by atoms with Gasteiger partial charge in [-0.2, -0.15) is 0 Å². The summed E-state index contributed by atoms with van der Waals surface area (Å²) in [5.41, 5.74) is 3.91. The second kappa shape index (κ2) is 13.1. The van der Waals surface area contributed by atoms with E-state index in [9.17, 15) is 9.59 Å². The summed E-state index contributed by atoms with van der Waals surface area (Å²) in [4.78, 5) is 29.1. The molecule has 0 atom stereocenters. The summed E-state index contributed by atoms with van der Waals surface area (Å²) >= 11 is 0. The van der Waals surface area contributed by atoms with Crippen molar-refractivity contribution in [2.75, 3.05) is 58.0 Å². The number of hydrogen-bond acceptors (Lipinski definition) is 5. The van der Waals surface area contributed by atoms with Crippen LogP contribution in [-0.4, -0.2) is 69.8 Å². The van der Waals surface area contributed by atoms with E-state index in [1.807, 2.05) is 49.4 Å². The van der Waals surface area contributed by atoms with Gasteiger partial charge in [0, 0.05) is 32.4 Å². The Labute approximate surface area is 196 Å². The summed E-state index contributed by atoms with van der Waals surface area (Å²) < 4.78 is 10.4. The minimum Gasteiger partial charge on any atom is -0.379 e. The highest BCUT2D eigenvalue weighted by Crippen LogP contribution is 2.20. The van der Waals surface area contributed by atoms with E-state index in [1.165, 1.54) is 7.11 Å². The number of ether oxygens (including phenoxy) is 2. The van der Waals surface area contributed by atoms with Gasteiger partial charge in [0.2, 0.25) is 5.91 Å². The molecule has 3 rings (SSSR count). The molecule has 2 amide bonds. The maximum atomic E-state index is 12.7. The van der Waals surface area contributed by atoms with Crippen molar-refractivity contribution in [3.8, 4) is 0 Å². The predicted octanol–water partition coefficient (Wildman–Crippen LogP) is 2.56. The summed E-state index contributed by atoms with van der Waals surface area (Å²) in [5.74, 6) is -0.0958. The van der Waals surface area contributed by atoms with Crippen molar-refractivity contribution in [2.24, 2.45) is 0 Å². The first-order chi connectivity index (χ1) is 16.0. The molecule has 0 radical (unpaired) electrons. The fourth-order valence-electron chi connectivity index (χ4n) is 3.91. The zero-order chi connectivity index (χ0) is 23.5. The molecule has 1 heterocycles. The van der Waals surface area contributed by atoms with Crippen molar-refractivity contribution in [1.82, 2.24) is 10.2 Å². The molecule has 0 unspecified atom stereocenters. The van der Waals surface area contributed by atoms with E-state index in [0.717, 1.165) is 61.6 Å². The Morgan fingerprint density at radius 3 is 2.55 bits per heavy atom. The third kappa shape index (κ3) is 8.28. The molecule has 178 valence electrons. The quantitative estimate of drug-likeness (QED) is 0.530. The topological polar surface area (TPSA) is 71.1 Å². The molecule has 1 N–H and O–H groups in total. The van der Waals surface area contributed by atoms with Crippen molar-refractivity contribution in [1.29, 1.82) is 0 Å². The second-order valence-electron chi connectivity index (χ2n) is 8.40. The minimum atomic E-state index is -0.107. The largest absolute Gasteiger partial charge is 0.379 e. The number of nitrogens with zero attached hydrogens (tertiary/aromatic N) is 2. The van der Waals surface area contributed by atoms with Gasteiger partial charge in [-0.25, -0.2) is 0 Å². The van der Waals surface area contributed by atoms with E-state index in [0.29, 0.717) is 19.5 Å². The Balaban J connectivity index is 1.52. The highest BCUT2D eigenvalue weighted by molar-refractivity contribution is 5.94. The Hall–Kier alpha value is -2.74. The van der Waals surface area contributed by atoms with Gasteiger partial charge in [-0.3, -0.25) is 14.5 Å². The second-order valence-corrected chi connectivity index (χ2v) is 8.40. The summed E-state index contributed by atoms with van der Waals surface area (Å²) in [6.45, 7) is 7.68. The predicted molar refractivity (Wildman–Crippen MR) is 129 cm³/mol. The van der Waals surface area contributed by atoms with Crippen LogP contribution < -0.4 is 10.2 Å². The monoisotopic (exact) mass is 453 g/mol. The van der Waals surface area contributed by atoms with Gasteiger partial charge in [-0.1, -0.05) is 42.0 Å². The number of amides is 2. The lowest BCUT2D eigenvalue weighted by atomic mass is 10.1. The SMILES string of the molecule is COCC(=O)N(Cc1cccc(C)c1)c1ccc(CC(=O)NCCCN2CCOCC2)cc1. The Kier molecular flexibility index (Phi) is 9.87. The number of benzene rings is 2. The standard InChI is InChI=1S/C26H35N3O4/c1-21-5-3-6-23(17-21)19-29(26(31)20-32-2)24-9-7-22(8-10-24)18-25(30)27-11-4-12-28-13-15-33-16-14-28/h3,5-10,17H,4,11-16,18-20H2,1-2H3,(H,27,30). The number of morpholine rings is 1. The summed E-state index contributed by atoms with van der Waals surface area (Å²) in [6, 6.07) is 15.7.